The second-order valence-corrected chi connectivity index (χ2v) is 6.67. The molecule has 1 saturated heterocycles. The van der Waals surface area contributed by atoms with Gasteiger partial charge in [0.2, 0.25) is 0 Å². The molecule has 0 bridgehead atoms. The molecule has 25 heavy (non-hydrogen) atoms. The molecule has 1 aliphatic rings. The van der Waals surface area contributed by atoms with E-state index in [1.165, 1.54) is 0 Å². The predicted octanol–water partition coefficient (Wildman–Crippen LogP) is 2.51. The first-order valence-corrected chi connectivity index (χ1v) is 9.18. The molecule has 0 aliphatic carbocycles. The molecule has 1 aliphatic heterocycles. The van der Waals surface area contributed by atoms with E-state index in [9.17, 15) is 4.79 Å². The summed E-state index contributed by atoms with van der Waals surface area (Å²) in [5, 5.41) is 11.1. The second-order valence-electron chi connectivity index (χ2n) is 6.67. The summed E-state index contributed by atoms with van der Waals surface area (Å²) >= 11 is 0. The number of aryl methyl sites for hydroxylation is 3. The summed E-state index contributed by atoms with van der Waals surface area (Å²) in [5.74, 6) is 0.995. The Labute approximate surface area is 148 Å². The Kier molecular flexibility index (Phi) is 5.11. The van der Waals surface area contributed by atoms with E-state index in [1.54, 1.807) is 0 Å². The molecule has 0 radical (unpaired) electrons. The van der Waals surface area contributed by atoms with Crippen LogP contribution >= 0.6 is 0 Å². The van der Waals surface area contributed by atoms with Gasteiger partial charge in [-0.1, -0.05) is 6.92 Å². The highest BCUT2D eigenvalue weighted by atomic mass is 16.2. The molecule has 3 rings (SSSR count). The van der Waals surface area contributed by atoms with Crippen molar-refractivity contribution in [2.24, 2.45) is 0 Å². The number of fused-ring (bicyclic) bond motifs is 1. The van der Waals surface area contributed by atoms with E-state index >= 15 is 0 Å². The van der Waals surface area contributed by atoms with Crippen LogP contribution in [-0.2, 0) is 6.42 Å². The van der Waals surface area contributed by atoms with Crippen molar-refractivity contribution < 1.29 is 4.79 Å². The fourth-order valence-corrected chi connectivity index (χ4v) is 3.26. The number of anilines is 1. The standard InChI is InChI=1S/C18H28N6O/c1-5-14-11-16(24-17(21-14)12(3)13(4)22-24)20-15-7-9-23(10-8-15)18(25)19-6-2/h11,15,20H,5-10H2,1-4H3,(H,19,25). The van der Waals surface area contributed by atoms with E-state index in [2.05, 4.69) is 35.6 Å². The number of hydrogen-bond donors (Lipinski definition) is 2. The molecule has 7 heteroatoms. The Balaban J connectivity index is 1.75. The van der Waals surface area contributed by atoms with Crippen molar-refractivity contribution in [1.82, 2.24) is 24.8 Å². The largest absolute Gasteiger partial charge is 0.367 e. The molecule has 2 amide bonds. The maximum absolute atomic E-state index is 11.9. The summed E-state index contributed by atoms with van der Waals surface area (Å²) in [5.41, 5.74) is 4.14. The lowest BCUT2D eigenvalue weighted by molar-refractivity contribution is 0.184. The molecule has 0 spiro atoms. The predicted molar refractivity (Wildman–Crippen MR) is 99.1 cm³/mol. The number of urea groups is 1. The van der Waals surface area contributed by atoms with Crippen molar-refractivity contribution >= 4 is 17.5 Å². The smallest absolute Gasteiger partial charge is 0.317 e. The van der Waals surface area contributed by atoms with Gasteiger partial charge in [-0.25, -0.2) is 9.78 Å². The minimum absolute atomic E-state index is 0.0406. The minimum atomic E-state index is 0.0406. The molecule has 0 unspecified atom stereocenters. The van der Waals surface area contributed by atoms with Gasteiger partial charge in [0.1, 0.15) is 5.82 Å². The highest BCUT2D eigenvalue weighted by molar-refractivity contribution is 5.74. The molecule has 136 valence electrons. The first kappa shape index (κ1) is 17.5. The Morgan fingerprint density at radius 1 is 1.28 bits per heavy atom. The summed E-state index contributed by atoms with van der Waals surface area (Å²) in [7, 11) is 0. The van der Waals surface area contributed by atoms with Crippen LogP contribution in [0.1, 0.15) is 43.6 Å². The molecule has 0 aromatic carbocycles. The van der Waals surface area contributed by atoms with E-state index < -0.39 is 0 Å². The lowest BCUT2D eigenvalue weighted by atomic mass is 10.1. The minimum Gasteiger partial charge on any atom is -0.367 e. The number of rotatable bonds is 4. The third-order valence-corrected chi connectivity index (χ3v) is 4.93. The van der Waals surface area contributed by atoms with Crippen LogP contribution in [0.25, 0.3) is 5.65 Å². The zero-order valence-electron chi connectivity index (χ0n) is 15.6. The highest BCUT2D eigenvalue weighted by Crippen LogP contribution is 2.22. The second kappa shape index (κ2) is 7.29. The van der Waals surface area contributed by atoms with Gasteiger partial charge in [0.25, 0.3) is 0 Å². The van der Waals surface area contributed by atoms with Crippen LogP contribution in [0, 0.1) is 13.8 Å². The fraction of sp³-hybridized carbons (Fsp3) is 0.611. The Morgan fingerprint density at radius 3 is 2.64 bits per heavy atom. The van der Waals surface area contributed by atoms with Gasteiger partial charge in [0, 0.05) is 43.0 Å². The number of amides is 2. The van der Waals surface area contributed by atoms with Crippen LogP contribution in [0.2, 0.25) is 0 Å². The molecule has 2 N–H and O–H groups in total. The summed E-state index contributed by atoms with van der Waals surface area (Å²) in [4.78, 5) is 18.5. The number of carbonyl (C=O) groups excluding carboxylic acids is 1. The zero-order chi connectivity index (χ0) is 18.0. The van der Waals surface area contributed by atoms with Crippen LogP contribution in [0.5, 0.6) is 0 Å². The first-order valence-electron chi connectivity index (χ1n) is 9.18. The van der Waals surface area contributed by atoms with Crippen molar-refractivity contribution in [1.29, 1.82) is 0 Å². The summed E-state index contributed by atoms with van der Waals surface area (Å²) in [6, 6.07) is 2.47. The average molecular weight is 344 g/mol. The summed E-state index contributed by atoms with van der Waals surface area (Å²) in [6.07, 6.45) is 2.76. The van der Waals surface area contributed by atoms with Crippen LogP contribution in [0.4, 0.5) is 10.6 Å². The third-order valence-electron chi connectivity index (χ3n) is 4.93. The molecule has 0 atom stereocenters. The SMILES string of the molecule is CCNC(=O)N1CCC(Nc2cc(CC)nc3c(C)c(C)nn23)CC1. The number of likely N-dealkylation sites (tertiary alicyclic amines) is 1. The van der Waals surface area contributed by atoms with Crippen LogP contribution in [0.3, 0.4) is 0 Å². The van der Waals surface area contributed by atoms with E-state index in [4.69, 9.17) is 4.98 Å². The highest BCUT2D eigenvalue weighted by Gasteiger charge is 2.23. The monoisotopic (exact) mass is 344 g/mol. The van der Waals surface area contributed by atoms with Gasteiger partial charge in [-0.15, -0.1) is 0 Å². The lowest BCUT2D eigenvalue weighted by Crippen LogP contribution is -2.46. The normalized spacial score (nSPS) is 15.6. The van der Waals surface area contributed by atoms with Crippen molar-refractivity contribution in [3.05, 3.63) is 23.0 Å². The molecule has 3 heterocycles. The zero-order valence-corrected chi connectivity index (χ0v) is 15.6. The van der Waals surface area contributed by atoms with Gasteiger partial charge in [-0.3, -0.25) is 0 Å². The number of aromatic nitrogens is 3. The lowest BCUT2D eigenvalue weighted by Gasteiger charge is -2.32. The van der Waals surface area contributed by atoms with Crippen LogP contribution in [0.15, 0.2) is 6.07 Å². The summed E-state index contributed by atoms with van der Waals surface area (Å²) in [6.45, 7) is 10.4. The van der Waals surface area contributed by atoms with Gasteiger partial charge in [0.15, 0.2) is 5.65 Å². The Hall–Kier alpha value is -2.31. The van der Waals surface area contributed by atoms with Gasteiger partial charge in [-0.2, -0.15) is 9.61 Å². The number of hydrogen-bond acceptors (Lipinski definition) is 4. The quantitative estimate of drug-likeness (QED) is 0.894. The maximum Gasteiger partial charge on any atom is 0.317 e. The molecule has 2 aromatic heterocycles. The van der Waals surface area contributed by atoms with Crippen molar-refractivity contribution in [3.63, 3.8) is 0 Å². The van der Waals surface area contributed by atoms with Crippen molar-refractivity contribution in [3.8, 4) is 0 Å². The molecule has 1 fully saturated rings. The van der Waals surface area contributed by atoms with E-state index in [0.717, 1.165) is 60.8 Å². The van der Waals surface area contributed by atoms with Crippen LogP contribution in [-0.4, -0.2) is 51.2 Å². The van der Waals surface area contributed by atoms with Gasteiger partial charge < -0.3 is 15.5 Å². The maximum atomic E-state index is 11.9. The Morgan fingerprint density at radius 2 is 2.00 bits per heavy atom. The Bertz CT molecular complexity index is 761. The van der Waals surface area contributed by atoms with Crippen LogP contribution < -0.4 is 10.6 Å². The van der Waals surface area contributed by atoms with Gasteiger partial charge >= 0.3 is 6.03 Å². The molecule has 2 aromatic rings. The molecular weight excluding hydrogens is 316 g/mol. The number of piperidine rings is 1. The van der Waals surface area contributed by atoms with E-state index in [1.807, 2.05) is 23.3 Å². The molecule has 7 nitrogen and oxygen atoms in total. The first-order chi connectivity index (χ1) is 12.0. The number of nitrogens with zero attached hydrogens (tertiary/aromatic N) is 4. The van der Waals surface area contributed by atoms with Crippen molar-refractivity contribution in [2.75, 3.05) is 25.0 Å². The van der Waals surface area contributed by atoms with Crippen molar-refractivity contribution in [2.45, 2.75) is 53.0 Å². The third kappa shape index (κ3) is 3.55. The molecule has 0 saturated carbocycles. The number of carbonyl (C=O) groups is 1. The fourth-order valence-electron chi connectivity index (χ4n) is 3.26. The topological polar surface area (TPSA) is 74.6 Å². The average Bonchev–Trinajstić information content (AvgIpc) is 2.91. The molecular formula is C18H28N6O. The van der Waals surface area contributed by atoms with E-state index in [0.29, 0.717) is 12.6 Å². The van der Waals surface area contributed by atoms with Gasteiger partial charge in [-0.05, 0) is 40.0 Å². The number of nitrogens with one attached hydrogen (secondary N) is 2. The van der Waals surface area contributed by atoms with E-state index in [-0.39, 0.29) is 6.03 Å². The van der Waals surface area contributed by atoms with Gasteiger partial charge in [0.05, 0.1) is 5.69 Å². The summed E-state index contributed by atoms with van der Waals surface area (Å²) < 4.78 is 1.92.